The monoisotopic (exact) mass is 956 g/mol. The normalized spacial score (nSPS) is 11.1. The smallest absolute Gasteiger partial charge is 0.416 e. The van der Waals surface area contributed by atoms with Gasteiger partial charge >= 0.3 is 18.3 Å². The van der Waals surface area contributed by atoms with Crippen LogP contribution < -0.4 is 30.9 Å². The Balaban J connectivity index is 0.000000258. The predicted octanol–water partition coefficient (Wildman–Crippen LogP) is 7.86. The SMILES string of the molecule is CN(C)c1nc(Cc2ccc(NC(=O)c3ccc(C(F)(F)F)cc3)cc2)[nH]c(=O)c1CC(=O)O.CN(C)c1nc(Cc2ccc(NC(=O)c3ccc(C(F)(F)F)cc3)cc2)nc(N(C)C)c1CC#N. The molecule has 21 heteroatoms. The number of hydrogen-bond acceptors (Lipinski definition) is 11. The summed E-state index contributed by atoms with van der Waals surface area (Å²) in [6.07, 6.45) is -8.52. The Morgan fingerprint density at radius 3 is 1.36 bits per heavy atom. The van der Waals surface area contributed by atoms with Crippen LogP contribution in [0.3, 0.4) is 0 Å². The molecule has 360 valence electrons. The van der Waals surface area contributed by atoms with Gasteiger partial charge < -0.3 is 35.4 Å². The Hall–Kier alpha value is -8.28. The van der Waals surface area contributed by atoms with Crippen molar-refractivity contribution in [3.8, 4) is 6.07 Å². The maximum Gasteiger partial charge on any atom is 0.416 e. The zero-order valence-electron chi connectivity index (χ0n) is 38.0. The number of nitrogens with one attached hydrogen (secondary N) is 3. The summed E-state index contributed by atoms with van der Waals surface area (Å²) in [5, 5.41) is 23.6. The number of rotatable bonds is 14. The van der Waals surface area contributed by atoms with E-state index in [0.29, 0.717) is 41.1 Å². The Bertz CT molecular complexity index is 2850. The van der Waals surface area contributed by atoms with Crippen molar-refractivity contribution in [1.29, 1.82) is 5.26 Å². The molecule has 0 bridgehead atoms. The van der Waals surface area contributed by atoms with E-state index in [9.17, 15) is 50.8 Å². The second kappa shape index (κ2) is 22.0. The topological polar surface area (TPSA) is 201 Å². The van der Waals surface area contributed by atoms with E-state index in [1.807, 2.05) is 50.1 Å². The molecule has 0 spiro atoms. The summed E-state index contributed by atoms with van der Waals surface area (Å²) in [7, 11) is 10.8. The minimum Gasteiger partial charge on any atom is -0.481 e. The first-order chi connectivity index (χ1) is 32.4. The second-order valence-electron chi connectivity index (χ2n) is 16.0. The van der Waals surface area contributed by atoms with Crippen molar-refractivity contribution >= 4 is 46.6 Å². The fourth-order valence-corrected chi connectivity index (χ4v) is 6.67. The molecule has 0 atom stereocenters. The molecule has 2 heterocycles. The van der Waals surface area contributed by atoms with Gasteiger partial charge in [0.15, 0.2) is 0 Å². The molecule has 15 nitrogen and oxygen atoms in total. The highest BCUT2D eigenvalue weighted by atomic mass is 19.4. The van der Waals surface area contributed by atoms with Crippen LogP contribution in [-0.2, 0) is 42.8 Å². The molecule has 0 aliphatic heterocycles. The van der Waals surface area contributed by atoms with Gasteiger partial charge in [-0.3, -0.25) is 19.2 Å². The number of hydrogen-bond donors (Lipinski definition) is 4. The van der Waals surface area contributed by atoms with Crippen LogP contribution in [0.25, 0.3) is 0 Å². The number of nitrogens with zero attached hydrogens (tertiary/aromatic N) is 7. The lowest BCUT2D eigenvalue weighted by molar-refractivity contribution is -0.138. The number of anilines is 5. The van der Waals surface area contributed by atoms with E-state index in [1.54, 1.807) is 55.4 Å². The summed E-state index contributed by atoms with van der Waals surface area (Å²) in [5.41, 5.74) is 1.44. The standard InChI is InChI=1S/C25H25F3N6O.C23H21F3N4O4/c1-33(2)22-20(13-14-29)23(34(3)4)32-21(31-22)15-16-5-11-19(12-6-16)30-24(35)17-7-9-18(10-8-17)25(26,27)28;1-30(2)20-17(12-19(31)32)22(34)29-18(28-20)11-13-3-9-16(10-4-13)27-21(33)14-5-7-15(8-6-14)23(24,25)26/h5-12H,13,15H2,1-4H3,(H,30,35);3-10H,11-12H2,1-2H3,(H,27,33)(H,31,32)(H,28,29,34). The van der Waals surface area contributed by atoms with Crippen molar-refractivity contribution in [2.24, 2.45) is 0 Å². The number of carbonyl (C=O) groups is 3. The number of carbonyl (C=O) groups excluding carboxylic acids is 2. The van der Waals surface area contributed by atoms with E-state index >= 15 is 0 Å². The summed E-state index contributed by atoms with van der Waals surface area (Å²) in [6.45, 7) is 0. The summed E-state index contributed by atoms with van der Waals surface area (Å²) in [6, 6.07) is 23.8. The number of amides is 2. The molecular formula is C48H46F6N10O5. The molecule has 0 unspecified atom stereocenters. The van der Waals surface area contributed by atoms with Crippen molar-refractivity contribution in [1.82, 2.24) is 19.9 Å². The molecule has 0 saturated heterocycles. The van der Waals surface area contributed by atoms with Crippen LogP contribution in [0.2, 0.25) is 0 Å². The summed E-state index contributed by atoms with van der Waals surface area (Å²) < 4.78 is 76.1. The number of alkyl halides is 6. The molecule has 0 aliphatic rings. The Morgan fingerprint density at radius 1 is 0.609 bits per heavy atom. The first kappa shape index (κ1) is 51.7. The highest BCUT2D eigenvalue weighted by molar-refractivity contribution is 6.05. The molecule has 6 rings (SSSR count). The highest BCUT2D eigenvalue weighted by Crippen LogP contribution is 2.31. The van der Waals surface area contributed by atoms with Gasteiger partial charge in [0, 0.05) is 77.6 Å². The van der Waals surface area contributed by atoms with Crippen LogP contribution >= 0.6 is 0 Å². The minimum atomic E-state index is -4.48. The first-order valence-electron chi connectivity index (χ1n) is 20.7. The first-order valence-corrected chi connectivity index (χ1v) is 20.7. The third-order valence-electron chi connectivity index (χ3n) is 10.0. The number of benzene rings is 4. The quantitative estimate of drug-likeness (QED) is 0.0772. The number of halogens is 6. The number of H-pyrrole nitrogens is 1. The van der Waals surface area contributed by atoms with Gasteiger partial charge in [-0.05, 0) is 83.9 Å². The summed E-state index contributed by atoms with van der Waals surface area (Å²) >= 11 is 0. The summed E-state index contributed by atoms with van der Waals surface area (Å²) in [5.74, 6) is 0.344. The van der Waals surface area contributed by atoms with Gasteiger partial charge in [0.05, 0.1) is 41.2 Å². The fourth-order valence-electron chi connectivity index (χ4n) is 6.67. The Kier molecular flexibility index (Phi) is 16.5. The molecule has 2 aromatic heterocycles. The molecule has 2 amide bonds. The lowest BCUT2D eigenvalue weighted by Crippen LogP contribution is -2.26. The van der Waals surface area contributed by atoms with Crippen LogP contribution in [0.15, 0.2) is 102 Å². The zero-order chi connectivity index (χ0) is 50.8. The number of aliphatic carboxylic acids is 1. The lowest BCUT2D eigenvalue weighted by atomic mass is 10.1. The molecule has 0 aliphatic carbocycles. The molecule has 4 N–H and O–H groups in total. The fraction of sp³-hybridized carbons (Fsp3) is 0.250. The van der Waals surface area contributed by atoms with Crippen molar-refractivity contribution in [2.75, 3.05) is 67.6 Å². The van der Waals surface area contributed by atoms with E-state index in [0.717, 1.165) is 65.2 Å². The van der Waals surface area contributed by atoms with Crippen molar-refractivity contribution in [2.45, 2.75) is 38.0 Å². The third-order valence-corrected chi connectivity index (χ3v) is 10.0. The van der Waals surface area contributed by atoms with E-state index in [1.165, 1.54) is 0 Å². The van der Waals surface area contributed by atoms with Gasteiger partial charge in [-0.25, -0.2) is 15.0 Å². The molecule has 4 aromatic carbocycles. The Labute approximate surface area is 392 Å². The van der Waals surface area contributed by atoms with Crippen LogP contribution in [0.5, 0.6) is 0 Å². The van der Waals surface area contributed by atoms with E-state index in [2.05, 4.69) is 36.6 Å². The van der Waals surface area contributed by atoms with Crippen molar-refractivity contribution in [3.05, 3.63) is 164 Å². The zero-order valence-corrected chi connectivity index (χ0v) is 38.0. The van der Waals surface area contributed by atoms with Crippen LogP contribution in [-0.4, -0.2) is 85.1 Å². The van der Waals surface area contributed by atoms with Gasteiger partial charge in [-0.15, -0.1) is 0 Å². The Morgan fingerprint density at radius 2 is 1.00 bits per heavy atom. The largest absolute Gasteiger partial charge is 0.481 e. The van der Waals surface area contributed by atoms with Gasteiger partial charge in [0.1, 0.15) is 29.1 Å². The maximum atomic E-state index is 12.7. The van der Waals surface area contributed by atoms with E-state index in [4.69, 9.17) is 5.11 Å². The van der Waals surface area contributed by atoms with Crippen LogP contribution in [0.4, 0.5) is 55.2 Å². The van der Waals surface area contributed by atoms with Crippen molar-refractivity contribution < 1.29 is 45.8 Å². The highest BCUT2D eigenvalue weighted by Gasteiger charge is 2.31. The molecule has 69 heavy (non-hydrogen) atoms. The predicted molar refractivity (Wildman–Crippen MR) is 248 cm³/mol. The number of aromatic amines is 1. The van der Waals surface area contributed by atoms with Crippen LogP contribution in [0, 0.1) is 11.3 Å². The van der Waals surface area contributed by atoms with Gasteiger partial charge in [0.2, 0.25) is 0 Å². The summed E-state index contributed by atoms with van der Waals surface area (Å²) in [4.78, 5) is 69.7. The molecule has 0 radical (unpaired) electrons. The minimum absolute atomic E-state index is 0.0579. The number of carboxylic acid groups (broad SMARTS) is 1. The van der Waals surface area contributed by atoms with Gasteiger partial charge in [-0.1, -0.05) is 24.3 Å². The molecule has 6 aromatic rings. The van der Waals surface area contributed by atoms with E-state index in [-0.39, 0.29) is 35.3 Å². The van der Waals surface area contributed by atoms with Crippen LogP contribution in [0.1, 0.15) is 65.7 Å². The number of nitriles is 1. The average Bonchev–Trinajstić information content (AvgIpc) is 3.28. The van der Waals surface area contributed by atoms with Gasteiger partial charge in [-0.2, -0.15) is 31.6 Å². The molecule has 0 saturated carbocycles. The van der Waals surface area contributed by atoms with Crippen molar-refractivity contribution in [3.63, 3.8) is 0 Å². The van der Waals surface area contributed by atoms with E-state index < -0.39 is 53.2 Å². The molecular weight excluding hydrogens is 911 g/mol. The number of carboxylic acids is 1. The second-order valence-corrected chi connectivity index (χ2v) is 16.0. The van der Waals surface area contributed by atoms with Gasteiger partial charge in [0.25, 0.3) is 17.4 Å². The lowest BCUT2D eigenvalue weighted by Gasteiger charge is -2.22. The maximum absolute atomic E-state index is 12.7. The number of aromatic nitrogens is 4. The molecule has 0 fully saturated rings. The average molecular weight is 957 g/mol. The third kappa shape index (κ3) is 14.1.